The van der Waals surface area contributed by atoms with E-state index in [9.17, 15) is 4.79 Å². The third kappa shape index (κ3) is 4.58. The Hall–Kier alpha value is -1.15. The van der Waals surface area contributed by atoms with E-state index in [4.69, 9.17) is 4.74 Å². The van der Waals surface area contributed by atoms with Crippen LogP contribution in [0.25, 0.3) is 0 Å². The van der Waals surface area contributed by atoms with Crippen LogP contribution in [0.15, 0.2) is 24.3 Å². The Balaban J connectivity index is 2.29. The Labute approximate surface area is 97.6 Å². The minimum absolute atomic E-state index is 0.116. The van der Waals surface area contributed by atoms with Gasteiger partial charge >= 0.3 is 0 Å². The summed E-state index contributed by atoms with van der Waals surface area (Å²) >= 11 is 0. The predicted octanol–water partition coefficient (Wildman–Crippen LogP) is 3.25. The molecule has 16 heavy (non-hydrogen) atoms. The zero-order valence-electron chi connectivity index (χ0n) is 10.2. The van der Waals surface area contributed by atoms with Gasteiger partial charge in [-0.05, 0) is 25.3 Å². The van der Waals surface area contributed by atoms with Gasteiger partial charge in [-0.3, -0.25) is 4.79 Å². The van der Waals surface area contributed by atoms with Gasteiger partial charge in [-0.2, -0.15) is 0 Å². The molecule has 2 heteroatoms. The highest BCUT2D eigenvalue weighted by atomic mass is 16.5. The second kappa shape index (κ2) is 7.18. The molecule has 0 amide bonds. The average molecular weight is 220 g/mol. The molecule has 0 radical (unpaired) electrons. The summed E-state index contributed by atoms with van der Waals surface area (Å²) < 4.78 is 5.49. The average Bonchev–Trinajstić information content (AvgIpc) is 2.29. The Morgan fingerprint density at radius 3 is 2.44 bits per heavy atom. The molecule has 0 atom stereocenters. The number of ether oxygens (including phenoxy) is 1. The van der Waals surface area contributed by atoms with E-state index in [2.05, 4.69) is 6.92 Å². The molecule has 0 bridgehead atoms. The van der Waals surface area contributed by atoms with Crippen LogP contribution in [0.4, 0.5) is 0 Å². The molecule has 1 rings (SSSR count). The summed E-state index contributed by atoms with van der Waals surface area (Å²) in [5.74, 6) is 0.116. The molecule has 0 aliphatic rings. The lowest BCUT2D eigenvalue weighted by atomic mass is 10.1. The van der Waals surface area contributed by atoms with Crippen LogP contribution in [0.5, 0.6) is 0 Å². The van der Waals surface area contributed by atoms with Crippen LogP contribution < -0.4 is 0 Å². The summed E-state index contributed by atoms with van der Waals surface area (Å²) in [6, 6.07) is 7.76. The molecule has 2 nitrogen and oxygen atoms in total. The summed E-state index contributed by atoms with van der Waals surface area (Å²) in [4.78, 5) is 11.1. The van der Waals surface area contributed by atoms with Gasteiger partial charge < -0.3 is 4.74 Å². The van der Waals surface area contributed by atoms with Crippen molar-refractivity contribution < 1.29 is 9.53 Å². The lowest BCUT2D eigenvalue weighted by Gasteiger charge is -2.04. The maximum atomic E-state index is 11.1. The van der Waals surface area contributed by atoms with Crippen molar-refractivity contribution in [2.45, 2.75) is 33.1 Å². The van der Waals surface area contributed by atoms with Gasteiger partial charge in [0.05, 0.1) is 6.61 Å². The molecule has 1 aromatic rings. The summed E-state index contributed by atoms with van der Waals surface area (Å²) in [5.41, 5.74) is 2.00. The molecule has 0 spiro atoms. The van der Waals surface area contributed by atoms with Crippen molar-refractivity contribution in [1.29, 1.82) is 0 Å². The van der Waals surface area contributed by atoms with Gasteiger partial charge in [0.15, 0.2) is 5.78 Å². The monoisotopic (exact) mass is 220 g/mol. The Morgan fingerprint density at radius 1 is 1.19 bits per heavy atom. The van der Waals surface area contributed by atoms with Crippen molar-refractivity contribution in [2.75, 3.05) is 13.2 Å². The van der Waals surface area contributed by atoms with Gasteiger partial charge in [0, 0.05) is 12.2 Å². The lowest BCUT2D eigenvalue weighted by Crippen LogP contribution is -2.00. The molecule has 1 aromatic carbocycles. The number of rotatable bonds is 7. The number of hydrogen-bond donors (Lipinski definition) is 0. The largest absolute Gasteiger partial charge is 0.381 e. The summed E-state index contributed by atoms with van der Waals surface area (Å²) in [7, 11) is 0. The van der Waals surface area contributed by atoms with E-state index in [0.29, 0.717) is 0 Å². The van der Waals surface area contributed by atoms with E-state index in [1.165, 1.54) is 12.0 Å². The normalized spacial score (nSPS) is 10.4. The van der Waals surface area contributed by atoms with E-state index in [1.807, 2.05) is 24.3 Å². The molecule has 88 valence electrons. The summed E-state index contributed by atoms with van der Waals surface area (Å²) in [6.45, 7) is 5.36. The summed E-state index contributed by atoms with van der Waals surface area (Å²) in [5, 5.41) is 0. The van der Waals surface area contributed by atoms with Crippen molar-refractivity contribution in [3.8, 4) is 0 Å². The number of Topliss-reactive ketones (excluding diaryl/α,β-unsaturated/α-hetero) is 1. The molecule has 0 aliphatic carbocycles. The number of hydrogen-bond acceptors (Lipinski definition) is 2. The minimum atomic E-state index is 0.116. The van der Waals surface area contributed by atoms with Gasteiger partial charge in [0.2, 0.25) is 0 Å². The molecule has 0 aromatic heterocycles. The molecular formula is C14H20O2. The molecule has 0 saturated heterocycles. The lowest BCUT2D eigenvalue weighted by molar-refractivity contribution is 0.101. The van der Waals surface area contributed by atoms with Crippen LogP contribution in [-0.2, 0) is 11.2 Å². The minimum Gasteiger partial charge on any atom is -0.381 e. The fourth-order valence-corrected chi connectivity index (χ4v) is 1.44. The van der Waals surface area contributed by atoms with Crippen molar-refractivity contribution in [2.24, 2.45) is 0 Å². The first-order valence-corrected chi connectivity index (χ1v) is 5.91. The van der Waals surface area contributed by atoms with Gasteiger partial charge in [0.25, 0.3) is 0 Å². The Kier molecular flexibility index (Phi) is 5.79. The molecule has 0 heterocycles. The number of ketones is 1. The zero-order chi connectivity index (χ0) is 11.8. The number of carbonyl (C=O) groups excluding carboxylic acids is 1. The Morgan fingerprint density at radius 2 is 1.88 bits per heavy atom. The van der Waals surface area contributed by atoms with Crippen molar-refractivity contribution in [3.63, 3.8) is 0 Å². The first-order valence-electron chi connectivity index (χ1n) is 5.91. The van der Waals surface area contributed by atoms with Crippen LogP contribution in [0.1, 0.15) is 42.6 Å². The van der Waals surface area contributed by atoms with E-state index in [0.717, 1.165) is 31.6 Å². The molecule has 0 saturated carbocycles. The van der Waals surface area contributed by atoms with E-state index in [-0.39, 0.29) is 5.78 Å². The first-order chi connectivity index (χ1) is 7.74. The van der Waals surface area contributed by atoms with Gasteiger partial charge in [-0.25, -0.2) is 0 Å². The highest BCUT2D eigenvalue weighted by Gasteiger charge is 1.98. The maximum Gasteiger partial charge on any atom is 0.159 e. The summed E-state index contributed by atoms with van der Waals surface area (Å²) in [6.07, 6.45) is 3.22. The smallest absolute Gasteiger partial charge is 0.159 e. The van der Waals surface area contributed by atoms with Gasteiger partial charge in [-0.15, -0.1) is 0 Å². The highest BCUT2D eigenvalue weighted by Crippen LogP contribution is 2.06. The fourth-order valence-electron chi connectivity index (χ4n) is 1.44. The van der Waals surface area contributed by atoms with Crippen molar-refractivity contribution >= 4 is 5.78 Å². The first kappa shape index (κ1) is 12.9. The van der Waals surface area contributed by atoms with E-state index >= 15 is 0 Å². The second-order valence-electron chi connectivity index (χ2n) is 3.97. The SMILES string of the molecule is CCCCOCCc1ccc(C(C)=O)cc1. The third-order valence-electron chi connectivity index (χ3n) is 2.54. The number of carbonyl (C=O) groups is 1. The van der Waals surface area contributed by atoms with Crippen LogP contribution >= 0.6 is 0 Å². The van der Waals surface area contributed by atoms with Crippen molar-refractivity contribution in [1.82, 2.24) is 0 Å². The Bertz CT molecular complexity index is 314. The van der Waals surface area contributed by atoms with Crippen LogP contribution in [0, 0.1) is 0 Å². The highest BCUT2D eigenvalue weighted by molar-refractivity contribution is 5.93. The van der Waals surface area contributed by atoms with Crippen molar-refractivity contribution in [3.05, 3.63) is 35.4 Å². The maximum absolute atomic E-state index is 11.1. The molecule has 0 aliphatic heterocycles. The van der Waals surface area contributed by atoms with Crippen LogP contribution in [-0.4, -0.2) is 19.0 Å². The second-order valence-corrected chi connectivity index (χ2v) is 3.97. The standard InChI is InChI=1S/C14H20O2/c1-3-4-10-16-11-9-13-5-7-14(8-6-13)12(2)15/h5-8H,3-4,9-11H2,1-2H3. The topological polar surface area (TPSA) is 26.3 Å². The van der Waals surface area contributed by atoms with E-state index in [1.54, 1.807) is 6.92 Å². The van der Waals surface area contributed by atoms with Crippen LogP contribution in [0.2, 0.25) is 0 Å². The third-order valence-corrected chi connectivity index (χ3v) is 2.54. The van der Waals surface area contributed by atoms with Gasteiger partial charge in [-0.1, -0.05) is 37.6 Å². The van der Waals surface area contributed by atoms with E-state index < -0.39 is 0 Å². The molecule has 0 unspecified atom stereocenters. The van der Waals surface area contributed by atoms with Gasteiger partial charge in [0.1, 0.15) is 0 Å². The molecule has 0 fully saturated rings. The molecule has 0 N–H and O–H groups in total. The molecular weight excluding hydrogens is 200 g/mol. The van der Waals surface area contributed by atoms with Crippen LogP contribution in [0.3, 0.4) is 0 Å². The number of unbranched alkanes of at least 4 members (excludes halogenated alkanes) is 1. The zero-order valence-corrected chi connectivity index (χ0v) is 10.2. The fraction of sp³-hybridized carbons (Fsp3) is 0.500. The quantitative estimate of drug-likeness (QED) is 0.521. The predicted molar refractivity (Wildman–Crippen MR) is 65.9 cm³/mol. The number of benzene rings is 1.